The number of esters is 1. The summed E-state index contributed by atoms with van der Waals surface area (Å²) in [7, 11) is 1.39. The monoisotopic (exact) mass is 540 g/mol. The van der Waals surface area contributed by atoms with Crippen LogP contribution in [0.15, 0.2) is 113 Å². The van der Waals surface area contributed by atoms with Crippen LogP contribution in [0, 0.1) is 0 Å². The van der Waals surface area contributed by atoms with Gasteiger partial charge in [0.15, 0.2) is 11.2 Å². The topological polar surface area (TPSA) is 80.2 Å². The first kappa shape index (κ1) is 27.2. The molecule has 0 bridgehead atoms. The lowest BCUT2D eigenvalue weighted by molar-refractivity contribution is -0.142. The molecule has 0 saturated carbocycles. The van der Waals surface area contributed by atoms with Gasteiger partial charge in [-0.1, -0.05) is 90.6 Å². The zero-order valence-corrected chi connectivity index (χ0v) is 23.3. The summed E-state index contributed by atoms with van der Waals surface area (Å²) in [6, 6.07) is 32.9. The van der Waals surface area contributed by atoms with E-state index in [0.29, 0.717) is 12.2 Å². The number of pyridine rings is 1. The number of ether oxygens (including phenoxy) is 1. The molecule has 2 unspecified atom stereocenters. The first-order chi connectivity index (χ1) is 18.2. The van der Waals surface area contributed by atoms with Crippen molar-refractivity contribution in [3.63, 3.8) is 0 Å². The number of carbonyl (C=O) groups excluding carboxylic acids is 1. The molecule has 0 radical (unpaired) electrons. The van der Waals surface area contributed by atoms with E-state index in [1.807, 2.05) is 103 Å². The molecule has 5 aromatic rings. The average Bonchev–Trinajstić information content (AvgIpc) is 3.38. The van der Waals surface area contributed by atoms with Gasteiger partial charge in [0.25, 0.3) is 0 Å². The van der Waals surface area contributed by atoms with E-state index in [4.69, 9.17) is 14.7 Å². The second-order valence-electron chi connectivity index (χ2n) is 8.42. The summed E-state index contributed by atoms with van der Waals surface area (Å²) in [5, 5.41) is 0.848. The summed E-state index contributed by atoms with van der Waals surface area (Å²) < 4.78 is 5.13. The van der Waals surface area contributed by atoms with E-state index >= 15 is 0 Å². The highest BCUT2D eigenvalue weighted by Crippen LogP contribution is 2.23. The number of aromatic nitrogens is 3. The van der Waals surface area contributed by atoms with Crippen LogP contribution in [0.25, 0.3) is 11.0 Å². The minimum atomic E-state index is -0.730. The Morgan fingerprint density at radius 2 is 1.47 bits per heavy atom. The van der Waals surface area contributed by atoms with Crippen molar-refractivity contribution in [1.29, 1.82) is 0 Å². The summed E-state index contributed by atoms with van der Waals surface area (Å²) in [6.45, 7) is 0. The number of hydrogen-bond donors (Lipinski definition) is 1. The maximum absolute atomic E-state index is 12.8. The lowest BCUT2D eigenvalue weighted by atomic mass is 10.0. The summed E-state index contributed by atoms with van der Waals surface area (Å²) in [4.78, 5) is 30.5. The number of imidazole rings is 1. The van der Waals surface area contributed by atoms with Gasteiger partial charge in [-0.3, -0.25) is 9.98 Å². The van der Waals surface area contributed by atoms with Gasteiger partial charge in [0, 0.05) is 29.0 Å². The molecular weight excluding hydrogens is 511 g/mol. The van der Waals surface area contributed by atoms with Gasteiger partial charge in [0.2, 0.25) is 0 Å². The molecule has 0 fully saturated rings. The van der Waals surface area contributed by atoms with Crippen molar-refractivity contribution in [1.82, 2.24) is 15.0 Å². The molecule has 0 aliphatic rings. The second-order valence-corrected chi connectivity index (χ2v) is 9.38. The predicted molar refractivity (Wildman–Crippen MR) is 159 cm³/mol. The van der Waals surface area contributed by atoms with E-state index < -0.39 is 12.0 Å². The Morgan fingerprint density at radius 1 is 0.842 bits per heavy atom. The Bertz CT molecular complexity index is 1450. The van der Waals surface area contributed by atoms with Crippen molar-refractivity contribution in [2.24, 2.45) is 4.99 Å². The van der Waals surface area contributed by atoms with E-state index in [1.54, 1.807) is 11.8 Å². The Balaban J connectivity index is 0.00000336. The smallest absolute Gasteiger partial charge is 0.331 e. The van der Waals surface area contributed by atoms with Crippen LogP contribution in [-0.2, 0) is 21.7 Å². The fraction of sp³-hybridized carbons (Fsp3) is 0.133. The zero-order chi connectivity index (χ0) is 25.5. The number of nitrogens with one attached hydrogen (secondary N) is 1. The molecule has 0 saturated heterocycles. The number of H-pyrrole nitrogens is 1. The Labute approximate surface area is 229 Å². The summed E-state index contributed by atoms with van der Waals surface area (Å²) in [6.07, 6.45) is 0.332. The molecular formula is C30H29N4O2PS. The van der Waals surface area contributed by atoms with Gasteiger partial charge < -0.3 is 9.72 Å². The molecule has 0 aliphatic carbocycles. The Kier molecular flexibility index (Phi) is 9.41. The van der Waals surface area contributed by atoms with Crippen LogP contribution in [0.5, 0.6) is 0 Å². The number of benzene rings is 3. The third kappa shape index (κ3) is 6.74. The maximum atomic E-state index is 12.8. The molecule has 1 N–H and O–H groups in total. The van der Waals surface area contributed by atoms with Crippen molar-refractivity contribution in [2.45, 2.75) is 23.4 Å². The molecule has 0 aliphatic heterocycles. The van der Waals surface area contributed by atoms with Crippen LogP contribution < -0.4 is 0 Å². The number of methoxy groups -OCH3 is 1. The largest absolute Gasteiger partial charge is 0.467 e. The minimum absolute atomic E-state index is 0. The standard InChI is InChI=1S/C30H26N4O2S.H3P/c1-36-29(35)27(32-28(21-11-4-2-5-12-21)22-13-6-3-7-14-22)19-23-15-10-16-24(31-23)20-37-30-33-25-17-8-9-18-26(25)34-30;/h2-18,27H,19-20H2,1H3,(H,33,34);1H3. The van der Waals surface area contributed by atoms with Crippen LogP contribution in [0.3, 0.4) is 0 Å². The van der Waals surface area contributed by atoms with Crippen molar-refractivity contribution < 1.29 is 9.53 Å². The number of thioether (sulfide) groups is 1. The third-order valence-corrected chi connectivity index (χ3v) is 6.75. The quantitative estimate of drug-likeness (QED) is 0.109. The van der Waals surface area contributed by atoms with Crippen LogP contribution in [0.2, 0.25) is 0 Å². The molecule has 3 aromatic carbocycles. The molecule has 2 aromatic heterocycles. The summed E-state index contributed by atoms with van der Waals surface area (Å²) in [5.41, 5.74) is 6.26. The number of rotatable bonds is 9. The number of carbonyl (C=O) groups is 1. The number of nitrogens with zero attached hydrogens (tertiary/aromatic N) is 3. The van der Waals surface area contributed by atoms with Gasteiger partial charge in [0.05, 0.1) is 29.5 Å². The molecule has 0 spiro atoms. The highest BCUT2D eigenvalue weighted by molar-refractivity contribution is 7.98. The number of aliphatic imine (C=N–C) groups is 1. The van der Waals surface area contributed by atoms with E-state index in [0.717, 1.165) is 44.4 Å². The van der Waals surface area contributed by atoms with Crippen molar-refractivity contribution >= 4 is 44.4 Å². The highest BCUT2D eigenvalue weighted by atomic mass is 32.2. The fourth-order valence-electron chi connectivity index (χ4n) is 4.04. The van der Waals surface area contributed by atoms with Gasteiger partial charge in [-0.25, -0.2) is 9.78 Å². The zero-order valence-electron chi connectivity index (χ0n) is 21.1. The molecule has 2 heterocycles. The first-order valence-corrected chi connectivity index (χ1v) is 13.0. The van der Waals surface area contributed by atoms with Gasteiger partial charge in [-0.2, -0.15) is 9.90 Å². The van der Waals surface area contributed by atoms with Crippen LogP contribution in [-0.4, -0.2) is 39.8 Å². The number of para-hydroxylation sites is 2. The summed E-state index contributed by atoms with van der Waals surface area (Å²) in [5.74, 6) is 0.257. The van der Waals surface area contributed by atoms with Crippen molar-refractivity contribution in [3.8, 4) is 0 Å². The summed E-state index contributed by atoms with van der Waals surface area (Å²) >= 11 is 1.59. The molecule has 38 heavy (non-hydrogen) atoms. The van der Waals surface area contributed by atoms with Gasteiger partial charge in [-0.05, 0) is 24.3 Å². The van der Waals surface area contributed by atoms with Crippen molar-refractivity contribution in [3.05, 3.63) is 126 Å². The highest BCUT2D eigenvalue weighted by Gasteiger charge is 2.22. The third-order valence-electron chi connectivity index (χ3n) is 5.84. The first-order valence-electron chi connectivity index (χ1n) is 12.0. The molecule has 6 nitrogen and oxygen atoms in total. The fourth-order valence-corrected chi connectivity index (χ4v) is 4.83. The lowest BCUT2D eigenvalue weighted by Gasteiger charge is -2.15. The molecule has 0 amide bonds. The number of fused-ring (bicyclic) bond motifs is 1. The van der Waals surface area contributed by atoms with E-state index in [9.17, 15) is 4.79 Å². The molecule has 5 rings (SSSR count). The maximum Gasteiger partial charge on any atom is 0.331 e. The second kappa shape index (κ2) is 13.1. The van der Waals surface area contributed by atoms with E-state index in [1.165, 1.54) is 7.11 Å². The van der Waals surface area contributed by atoms with Gasteiger partial charge >= 0.3 is 5.97 Å². The molecule has 192 valence electrons. The van der Waals surface area contributed by atoms with Crippen molar-refractivity contribution in [2.75, 3.05) is 7.11 Å². The molecule has 8 heteroatoms. The SMILES string of the molecule is COC(=O)C(Cc1cccc(CSc2nc3ccccc3[nH]2)n1)N=C(c1ccccc1)c1ccccc1.P. The lowest BCUT2D eigenvalue weighted by Crippen LogP contribution is -2.25. The Morgan fingerprint density at radius 3 is 2.13 bits per heavy atom. The predicted octanol–water partition coefficient (Wildman–Crippen LogP) is 5.93. The normalized spacial score (nSPS) is 11.4. The van der Waals surface area contributed by atoms with Crippen LogP contribution in [0.1, 0.15) is 22.5 Å². The number of hydrogen-bond acceptors (Lipinski definition) is 6. The molecule has 2 atom stereocenters. The minimum Gasteiger partial charge on any atom is -0.467 e. The van der Waals surface area contributed by atoms with Crippen LogP contribution >= 0.6 is 21.7 Å². The van der Waals surface area contributed by atoms with E-state index in [2.05, 4.69) is 9.97 Å². The number of aromatic amines is 1. The van der Waals surface area contributed by atoms with Gasteiger partial charge in [-0.15, -0.1) is 0 Å². The van der Waals surface area contributed by atoms with E-state index in [-0.39, 0.29) is 9.90 Å². The average molecular weight is 541 g/mol. The Hall–Kier alpha value is -3.80. The van der Waals surface area contributed by atoms with Gasteiger partial charge in [0.1, 0.15) is 0 Å². The van der Waals surface area contributed by atoms with Crippen LogP contribution in [0.4, 0.5) is 0 Å².